The van der Waals surface area contributed by atoms with E-state index in [-0.39, 0.29) is 17.6 Å². The number of anilines is 1. The van der Waals surface area contributed by atoms with Gasteiger partial charge >= 0.3 is 0 Å². The number of rotatable bonds is 3. The molecular formula is C12H14FN3O. The number of hydrogen-bond acceptors (Lipinski definition) is 3. The van der Waals surface area contributed by atoms with Crippen LogP contribution in [0.15, 0.2) is 30.6 Å². The Hall–Kier alpha value is -2.04. The first kappa shape index (κ1) is 11.4. The monoisotopic (exact) mass is 235 g/mol. The van der Waals surface area contributed by atoms with Gasteiger partial charge in [0.15, 0.2) is 0 Å². The van der Waals surface area contributed by atoms with Crippen LogP contribution >= 0.6 is 0 Å². The van der Waals surface area contributed by atoms with Crippen LogP contribution in [0.1, 0.15) is 18.5 Å². The molecule has 2 aromatic rings. The Bertz CT molecular complexity index is 524. The van der Waals surface area contributed by atoms with Gasteiger partial charge in [-0.3, -0.25) is 4.68 Å². The molecule has 4 nitrogen and oxygen atoms in total. The lowest BCUT2D eigenvalue weighted by atomic mass is 10.1. The average molecular weight is 235 g/mol. The smallest absolute Gasteiger partial charge is 0.123 e. The molecule has 17 heavy (non-hydrogen) atoms. The zero-order valence-corrected chi connectivity index (χ0v) is 9.68. The molecule has 1 aromatic heterocycles. The number of aryl methyl sites for hydroxylation is 1. The van der Waals surface area contributed by atoms with E-state index in [4.69, 9.17) is 0 Å². The summed E-state index contributed by atoms with van der Waals surface area (Å²) in [5.41, 5.74) is 1.34. The molecule has 2 N–H and O–H groups in total. The molecule has 90 valence electrons. The molecule has 0 aliphatic carbocycles. The molecule has 0 aliphatic heterocycles. The van der Waals surface area contributed by atoms with E-state index in [1.54, 1.807) is 10.9 Å². The number of hydrogen-bond donors (Lipinski definition) is 2. The predicted molar refractivity (Wildman–Crippen MR) is 63.3 cm³/mol. The molecule has 0 saturated heterocycles. The number of phenols is 1. The van der Waals surface area contributed by atoms with Gasteiger partial charge in [-0.05, 0) is 25.1 Å². The summed E-state index contributed by atoms with van der Waals surface area (Å²) in [6, 6.07) is 3.71. The minimum absolute atomic E-state index is 0.0790. The summed E-state index contributed by atoms with van der Waals surface area (Å²) >= 11 is 0. The molecule has 1 aromatic carbocycles. The Morgan fingerprint density at radius 3 is 2.88 bits per heavy atom. The van der Waals surface area contributed by atoms with Gasteiger partial charge in [-0.25, -0.2) is 4.39 Å². The van der Waals surface area contributed by atoms with Crippen molar-refractivity contribution in [1.82, 2.24) is 9.78 Å². The zero-order valence-electron chi connectivity index (χ0n) is 9.68. The lowest BCUT2D eigenvalue weighted by Gasteiger charge is -2.15. The van der Waals surface area contributed by atoms with Gasteiger partial charge in [0.25, 0.3) is 0 Å². The van der Waals surface area contributed by atoms with Crippen LogP contribution in [-0.2, 0) is 7.05 Å². The molecule has 0 saturated carbocycles. The lowest BCUT2D eigenvalue weighted by Crippen LogP contribution is -2.06. The topological polar surface area (TPSA) is 50.1 Å². The van der Waals surface area contributed by atoms with Crippen molar-refractivity contribution in [1.29, 1.82) is 0 Å². The van der Waals surface area contributed by atoms with E-state index in [9.17, 15) is 9.50 Å². The second-order valence-electron chi connectivity index (χ2n) is 3.97. The Labute approximate surface area is 98.7 Å². The number of halogens is 1. The molecule has 0 bridgehead atoms. The summed E-state index contributed by atoms with van der Waals surface area (Å²) < 4.78 is 14.8. The van der Waals surface area contributed by atoms with E-state index < -0.39 is 0 Å². The molecule has 1 unspecified atom stereocenters. The van der Waals surface area contributed by atoms with Crippen molar-refractivity contribution in [3.8, 4) is 5.75 Å². The summed E-state index contributed by atoms with van der Waals surface area (Å²) in [4.78, 5) is 0. The normalized spacial score (nSPS) is 12.4. The molecule has 0 fully saturated rings. The highest BCUT2D eigenvalue weighted by atomic mass is 19.1. The van der Waals surface area contributed by atoms with Crippen molar-refractivity contribution in [2.75, 3.05) is 5.32 Å². The molecule has 0 radical (unpaired) electrons. The Morgan fingerprint density at radius 2 is 2.24 bits per heavy atom. The van der Waals surface area contributed by atoms with Crippen LogP contribution in [0.3, 0.4) is 0 Å². The Balaban J connectivity index is 2.19. The maximum Gasteiger partial charge on any atom is 0.123 e. The minimum Gasteiger partial charge on any atom is -0.508 e. The van der Waals surface area contributed by atoms with Gasteiger partial charge in [0.1, 0.15) is 11.6 Å². The third kappa shape index (κ3) is 2.55. The summed E-state index contributed by atoms with van der Waals surface area (Å²) in [7, 11) is 1.81. The Morgan fingerprint density at radius 1 is 1.47 bits per heavy atom. The first-order valence-electron chi connectivity index (χ1n) is 5.30. The van der Waals surface area contributed by atoms with Crippen LogP contribution in [0.5, 0.6) is 5.75 Å². The molecule has 1 atom stereocenters. The lowest BCUT2D eigenvalue weighted by molar-refractivity contribution is 0.462. The van der Waals surface area contributed by atoms with Crippen LogP contribution in [0, 0.1) is 5.82 Å². The highest BCUT2D eigenvalue weighted by molar-refractivity contribution is 5.44. The Kier molecular flexibility index (Phi) is 2.99. The quantitative estimate of drug-likeness (QED) is 0.859. The summed E-state index contributed by atoms with van der Waals surface area (Å²) in [5.74, 6) is -0.284. The first-order valence-corrected chi connectivity index (χ1v) is 5.30. The third-order valence-corrected chi connectivity index (χ3v) is 2.54. The van der Waals surface area contributed by atoms with Gasteiger partial charge in [-0.15, -0.1) is 0 Å². The minimum atomic E-state index is -0.363. The molecule has 0 aliphatic rings. The standard InChI is InChI=1S/C12H14FN3O/c1-8(15-10-6-14-16(2)7-10)11-5-9(13)3-4-12(11)17/h3-8,15,17H,1-2H3. The number of aromatic nitrogens is 2. The van der Waals surface area contributed by atoms with Crippen molar-refractivity contribution in [3.05, 3.63) is 42.0 Å². The van der Waals surface area contributed by atoms with Crippen LogP contribution in [-0.4, -0.2) is 14.9 Å². The molecule has 2 rings (SSSR count). The number of nitrogens with zero attached hydrogens (tertiary/aromatic N) is 2. The molecule has 5 heteroatoms. The van der Waals surface area contributed by atoms with Crippen LogP contribution in [0.2, 0.25) is 0 Å². The van der Waals surface area contributed by atoms with Gasteiger partial charge in [0.05, 0.1) is 17.9 Å². The van der Waals surface area contributed by atoms with Gasteiger partial charge < -0.3 is 10.4 Å². The van der Waals surface area contributed by atoms with Crippen LogP contribution in [0.4, 0.5) is 10.1 Å². The van der Waals surface area contributed by atoms with Gasteiger partial charge in [-0.1, -0.05) is 0 Å². The molecule has 0 amide bonds. The van der Waals surface area contributed by atoms with Gasteiger partial charge in [-0.2, -0.15) is 5.10 Å². The number of phenolic OH excluding ortho intramolecular Hbond substituents is 1. The van der Waals surface area contributed by atoms with Gasteiger partial charge in [0.2, 0.25) is 0 Å². The molecule has 1 heterocycles. The van der Waals surface area contributed by atoms with Crippen molar-refractivity contribution < 1.29 is 9.50 Å². The van der Waals surface area contributed by atoms with E-state index in [1.165, 1.54) is 18.2 Å². The van der Waals surface area contributed by atoms with E-state index in [0.29, 0.717) is 5.56 Å². The fourth-order valence-electron chi connectivity index (χ4n) is 1.70. The van der Waals surface area contributed by atoms with Crippen molar-refractivity contribution in [2.24, 2.45) is 7.05 Å². The van der Waals surface area contributed by atoms with Gasteiger partial charge in [0, 0.05) is 18.8 Å². The molecular weight excluding hydrogens is 221 g/mol. The summed E-state index contributed by atoms with van der Waals surface area (Å²) in [5, 5.41) is 16.8. The average Bonchev–Trinajstić information content (AvgIpc) is 2.67. The fraction of sp³-hybridized carbons (Fsp3) is 0.250. The zero-order chi connectivity index (χ0) is 12.4. The fourth-order valence-corrected chi connectivity index (χ4v) is 1.70. The third-order valence-electron chi connectivity index (χ3n) is 2.54. The van der Waals surface area contributed by atoms with Crippen LogP contribution < -0.4 is 5.32 Å². The predicted octanol–water partition coefficient (Wildman–Crippen LogP) is 2.44. The van der Waals surface area contributed by atoms with E-state index >= 15 is 0 Å². The second kappa shape index (κ2) is 4.45. The highest BCUT2D eigenvalue weighted by Crippen LogP contribution is 2.27. The molecule has 0 spiro atoms. The maximum absolute atomic E-state index is 13.1. The van der Waals surface area contributed by atoms with Crippen molar-refractivity contribution in [3.63, 3.8) is 0 Å². The number of aromatic hydroxyl groups is 1. The van der Waals surface area contributed by atoms with Crippen molar-refractivity contribution >= 4 is 5.69 Å². The van der Waals surface area contributed by atoms with E-state index in [1.807, 2.05) is 20.2 Å². The van der Waals surface area contributed by atoms with Crippen molar-refractivity contribution in [2.45, 2.75) is 13.0 Å². The summed E-state index contributed by atoms with van der Waals surface area (Å²) in [6.45, 7) is 1.85. The number of nitrogens with one attached hydrogen (secondary N) is 1. The SMILES string of the molecule is CC(Nc1cnn(C)c1)c1cc(F)ccc1O. The first-order chi connectivity index (χ1) is 8.06. The van der Waals surface area contributed by atoms with E-state index in [0.717, 1.165) is 5.69 Å². The maximum atomic E-state index is 13.1. The highest BCUT2D eigenvalue weighted by Gasteiger charge is 2.11. The van der Waals surface area contributed by atoms with Crippen LogP contribution in [0.25, 0.3) is 0 Å². The largest absolute Gasteiger partial charge is 0.508 e. The number of benzene rings is 1. The van der Waals surface area contributed by atoms with E-state index in [2.05, 4.69) is 10.4 Å². The summed E-state index contributed by atoms with van der Waals surface area (Å²) in [6.07, 6.45) is 3.49. The second-order valence-corrected chi connectivity index (χ2v) is 3.97.